The van der Waals surface area contributed by atoms with Gasteiger partial charge in [-0.2, -0.15) is 13.2 Å². The van der Waals surface area contributed by atoms with Crippen molar-refractivity contribution in [3.63, 3.8) is 0 Å². The van der Waals surface area contributed by atoms with Crippen molar-refractivity contribution in [1.82, 2.24) is 4.90 Å². The van der Waals surface area contributed by atoms with E-state index in [0.29, 0.717) is 5.56 Å². The number of hydrogen-bond acceptors (Lipinski definition) is 2. The Balaban J connectivity index is 1.90. The molecule has 3 aromatic rings. The average Bonchev–Trinajstić information content (AvgIpc) is 2.78. The zero-order valence-corrected chi connectivity index (χ0v) is 22.6. The van der Waals surface area contributed by atoms with E-state index in [2.05, 4.69) is 43.4 Å². The molecule has 0 bridgehead atoms. The summed E-state index contributed by atoms with van der Waals surface area (Å²) >= 11 is 8.28. The lowest BCUT2D eigenvalue weighted by molar-refractivity contribution is -0.137. The van der Waals surface area contributed by atoms with Crippen molar-refractivity contribution in [3.8, 4) is 0 Å². The van der Waals surface area contributed by atoms with E-state index in [1.54, 1.807) is 23.1 Å². The first-order chi connectivity index (χ1) is 16.3. The van der Waals surface area contributed by atoms with Gasteiger partial charge in [0.05, 0.1) is 21.8 Å². The number of nitrogens with two attached hydrogens (primary N) is 1. The van der Waals surface area contributed by atoms with Gasteiger partial charge >= 0.3 is 6.18 Å². The van der Waals surface area contributed by atoms with E-state index in [4.69, 9.17) is 17.3 Å². The Morgan fingerprint density at radius 3 is 2.23 bits per heavy atom. The molecule has 0 radical (unpaired) electrons. The lowest BCUT2D eigenvalue weighted by Gasteiger charge is -2.25. The van der Waals surface area contributed by atoms with Crippen LogP contribution in [-0.4, -0.2) is 17.4 Å². The van der Waals surface area contributed by atoms with Gasteiger partial charge in [-0.3, -0.25) is 4.79 Å². The molecular weight excluding hydrogens is 588 g/mol. The van der Waals surface area contributed by atoms with Gasteiger partial charge in [-0.05, 0) is 69.3 Å². The molecule has 0 heterocycles. The van der Waals surface area contributed by atoms with Crippen LogP contribution in [0.4, 0.5) is 18.9 Å². The molecule has 0 saturated carbocycles. The van der Waals surface area contributed by atoms with Crippen LogP contribution in [0.1, 0.15) is 53.4 Å². The van der Waals surface area contributed by atoms with Crippen molar-refractivity contribution in [2.45, 2.75) is 45.3 Å². The normalized spacial score (nSPS) is 12.0. The van der Waals surface area contributed by atoms with E-state index in [1.165, 1.54) is 6.07 Å². The van der Waals surface area contributed by atoms with Gasteiger partial charge in [0, 0.05) is 16.7 Å². The molecule has 0 atom stereocenters. The molecule has 186 valence electrons. The smallest absolute Gasteiger partial charge is 0.397 e. The summed E-state index contributed by atoms with van der Waals surface area (Å²) in [7, 11) is 0. The summed E-state index contributed by atoms with van der Waals surface area (Å²) in [4.78, 5) is 15.2. The van der Waals surface area contributed by atoms with Crippen molar-refractivity contribution < 1.29 is 18.0 Å². The van der Waals surface area contributed by atoms with Crippen molar-refractivity contribution >= 4 is 45.8 Å². The van der Waals surface area contributed by atoms with Gasteiger partial charge in [-0.15, -0.1) is 0 Å². The molecule has 0 aromatic heterocycles. The number of halogens is 5. The number of nitrogen functional groups attached to an aromatic ring is 1. The van der Waals surface area contributed by atoms with Gasteiger partial charge in [-0.25, -0.2) is 0 Å². The van der Waals surface area contributed by atoms with Gasteiger partial charge in [0.1, 0.15) is 0 Å². The Morgan fingerprint density at radius 1 is 0.971 bits per heavy atom. The predicted molar refractivity (Wildman–Crippen MR) is 144 cm³/mol. The minimum atomic E-state index is -4.42. The second kappa shape index (κ2) is 10.8. The first kappa shape index (κ1) is 27.3. The van der Waals surface area contributed by atoms with Crippen molar-refractivity contribution in [3.05, 3.63) is 97.1 Å². The lowest BCUT2D eigenvalue weighted by Crippen LogP contribution is -2.33. The Kier molecular flexibility index (Phi) is 8.42. The summed E-state index contributed by atoms with van der Waals surface area (Å²) in [6.07, 6.45) is -4.17. The Hall–Kier alpha value is -2.26. The summed E-state index contributed by atoms with van der Waals surface area (Å²) in [5.74, 6) is -0.324. The summed E-state index contributed by atoms with van der Waals surface area (Å²) in [6, 6.07) is 16.5. The maximum atomic E-state index is 13.6. The fraction of sp³-hybridized carbons (Fsp3) is 0.296. The maximum absolute atomic E-state index is 13.6. The Bertz CT molecular complexity index is 1200. The third-order valence-electron chi connectivity index (χ3n) is 5.73. The van der Waals surface area contributed by atoms with E-state index in [-0.39, 0.29) is 47.1 Å². The first-order valence-electron chi connectivity index (χ1n) is 11.0. The van der Waals surface area contributed by atoms with Crippen LogP contribution in [0.2, 0.25) is 5.02 Å². The number of nitrogens with zero attached hydrogens (tertiary/aromatic N) is 1. The summed E-state index contributed by atoms with van der Waals surface area (Å²) in [6.45, 7) is 6.86. The van der Waals surface area contributed by atoms with Crippen molar-refractivity contribution in [2.75, 3.05) is 12.3 Å². The highest BCUT2D eigenvalue weighted by atomic mass is 127. The third-order valence-corrected chi connectivity index (χ3v) is 6.67. The molecule has 0 saturated heterocycles. The molecule has 0 spiro atoms. The number of anilines is 1. The van der Waals surface area contributed by atoms with Crippen LogP contribution in [0.15, 0.2) is 60.7 Å². The number of benzene rings is 3. The van der Waals surface area contributed by atoms with Gasteiger partial charge in [-0.1, -0.05) is 74.8 Å². The van der Waals surface area contributed by atoms with Crippen LogP contribution >= 0.6 is 34.2 Å². The third kappa shape index (κ3) is 7.13. The quantitative estimate of drug-likeness (QED) is 0.228. The second-order valence-electron chi connectivity index (χ2n) is 9.47. The molecule has 3 rings (SSSR count). The maximum Gasteiger partial charge on any atom is 0.416 e. The molecule has 0 unspecified atom stereocenters. The zero-order valence-electron chi connectivity index (χ0n) is 19.7. The van der Waals surface area contributed by atoms with Gasteiger partial charge in [0.25, 0.3) is 5.91 Å². The van der Waals surface area contributed by atoms with Crippen LogP contribution < -0.4 is 5.73 Å². The minimum absolute atomic E-state index is 0.0105. The summed E-state index contributed by atoms with van der Waals surface area (Å²) < 4.78 is 40.2. The van der Waals surface area contributed by atoms with Gasteiger partial charge in [0.15, 0.2) is 0 Å². The second-order valence-corrected chi connectivity index (χ2v) is 11.1. The van der Waals surface area contributed by atoms with Crippen molar-refractivity contribution in [2.24, 2.45) is 0 Å². The zero-order chi connectivity index (χ0) is 26.0. The fourth-order valence-electron chi connectivity index (χ4n) is 3.68. The van der Waals surface area contributed by atoms with E-state index in [0.717, 1.165) is 26.8 Å². The standard InChI is InChI=1S/C27H27ClF3IN2O/c1-26(2,3)19-9-7-18(8-10-19)16-34(25(35)22-14-21(32)15-23(28)24(22)33)12-11-17-5-4-6-20(13-17)27(29,30)31/h4-10,13-15H,11-12,16,33H2,1-3H3. The van der Waals surface area contributed by atoms with E-state index < -0.39 is 11.7 Å². The molecule has 0 aliphatic carbocycles. The predicted octanol–water partition coefficient (Wildman–Crippen LogP) is 7.73. The number of hydrogen-bond donors (Lipinski definition) is 1. The Morgan fingerprint density at radius 2 is 1.63 bits per heavy atom. The van der Waals surface area contributed by atoms with Gasteiger partial charge in [0.2, 0.25) is 0 Å². The van der Waals surface area contributed by atoms with Crippen LogP contribution in [0, 0.1) is 3.57 Å². The fourth-order valence-corrected chi connectivity index (χ4v) is 4.71. The van der Waals surface area contributed by atoms with Crippen LogP contribution in [0.3, 0.4) is 0 Å². The highest BCUT2D eigenvalue weighted by Crippen LogP contribution is 2.30. The van der Waals surface area contributed by atoms with Crippen LogP contribution in [0.5, 0.6) is 0 Å². The number of alkyl halides is 3. The molecule has 0 fully saturated rings. The number of amides is 1. The molecule has 0 aliphatic heterocycles. The highest BCUT2D eigenvalue weighted by molar-refractivity contribution is 14.1. The van der Waals surface area contributed by atoms with Gasteiger partial charge < -0.3 is 10.6 Å². The number of carbonyl (C=O) groups excluding carboxylic acids is 1. The molecule has 3 nitrogen and oxygen atoms in total. The average molecular weight is 615 g/mol. The van der Waals surface area contributed by atoms with E-state index >= 15 is 0 Å². The van der Waals surface area contributed by atoms with E-state index in [9.17, 15) is 18.0 Å². The molecular formula is C27H27ClF3IN2O. The van der Waals surface area contributed by atoms with Crippen LogP contribution in [-0.2, 0) is 24.6 Å². The molecule has 0 aliphatic rings. The molecule has 2 N–H and O–H groups in total. The summed E-state index contributed by atoms with van der Waals surface area (Å²) in [5.41, 5.74) is 8.43. The minimum Gasteiger partial charge on any atom is -0.397 e. The molecule has 8 heteroatoms. The highest BCUT2D eigenvalue weighted by Gasteiger charge is 2.30. The van der Waals surface area contributed by atoms with Crippen molar-refractivity contribution in [1.29, 1.82) is 0 Å². The molecule has 1 amide bonds. The monoisotopic (exact) mass is 614 g/mol. The topological polar surface area (TPSA) is 46.3 Å². The number of carbonyl (C=O) groups is 1. The molecule has 35 heavy (non-hydrogen) atoms. The SMILES string of the molecule is CC(C)(C)c1ccc(CN(CCc2cccc(C(F)(F)F)c2)C(=O)c2cc(I)cc(Cl)c2N)cc1. The van der Waals surface area contributed by atoms with E-state index in [1.807, 2.05) is 24.3 Å². The summed E-state index contributed by atoms with van der Waals surface area (Å²) in [5, 5.41) is 0.285. The molecule has 3 aromatic carbocycles. The first-order valence-corrected chi connectivity index (χ1v) is 12.5. The Labute approximate surface area is 222 Å². The lowest BCUT2D eigenvalue weighted by atomic mass is 9.87. The van der Waals surface area contributed by atoms with Crippen LogP contribution in [0.25, 0.3) is 0 Å². The number of rotatable bonds is 6. The largest absolute Gasteiger partial charge is 0.416 e.